The molecule has 3 rings (SSSR count). The van der Waals surface area contributed by atoms with E-state index in [0.717, 1.165) is 42.9 Å². The third-order valence-electron chi connectivity index (χ3n) is 4.86. The zero-order valence-corrected chi connectivity index (χ0v) is 17.6. The first-order valence-electron chi connectivity index (χ1n) is 9.04. The standard InChI is InChI=1S/C17H30N6.HI/c1-5-6-12-9-14(12)20-17(18-4)19-13-7-8-15-21-16(11(2)3)22-23(15)10-13;/h11-14H,5-10H2,1-4H3,(H2,18,19,20);1H. The van der Waals surface area contributed by atoms with E-state index in [4.69, 9.17) is 0 Å². The van der Waals surface area contributed by atoms with E-state index in [-0.39, 0.29) is 24.0 Å². The van der Waals surface area contributed by atoms with Crippen molar-refractivity contribution in [2.75, 3.05) is 7.05 Å². The van der Waals surface area contributed by atoms with Gasteiger partial charge in [-0.2, -0.15) is 5.10 Å². The maximum absolute atomic E-state index is 4.65. The molecule has 0 radical (unpaired) electrons. The Morgan fingerprint density at radius 1 is 1.38 bits per heavy atom. The van der Waals surface area contributed by atoms with E-state index in [9.17, 15) is 0 Å². The van der Waals surface area contributed by atoms with Gasteiger partial charge in [0.2, 0.25) is 0 Å². The fourth-order valence-corrected chi connectivity index (χ4v) is 3.34. The lowest BCUT2D eigenvalue weighted by atomic mass is 10.1. The molecule has 1 aliphatic heterocycles. The van der Waals surface area contributed by atoms with E-state index >= 15 is 0 Å². The molecule has 0 spiro atoms. The van der Waals surface area contributed by atoms with Gasteiger partial charge in [0.25, 0.3) is 0 Å². The molecule has 136 valence electrons. The summed E-state index contributed by atoms with van der Waals surface area (Å²) in [4.78, 5) is 9.05. The molecule has 2 N–H and O–H groups in total. The van der Waals surface area contributed by atoms with Crippen molar-refractivity contribution in [1.29, 1.82) is 0 Å². The number of halogens is 1. The predicted molar refractivity (Wildman–Crippen MR) is 108 cm³/mol. The van der Waals surface area contributed by atoms with Crippen LogP contribution in [-0.2, 0) is 13.0 Å². The lowest BCUT2D eigenvalue weighted by Crippen LogP contribution is -2.47. The number of hydrogen-bond acceptors (Lipinski definition) is 3. The van der Waals surface area contributed by atoms with Gasteiger partial charge in [-0.25, -0.2) is 9.67 Å². The van der Waals surface area contributed by atoms with Crippen LogP contribution in [0.3, 0.4) is 0 Å². The summed E-state index contributed by atoms with van der Waals surface area (Å²) in [6.07, 6.45) is 5.93. The van der Waals surface area contributed by atoms with Crippen molar-refractivity contribution in [3.05, 3.63) is 11.6 Å². The predicted octanol–water partition coefficient (Wildman–Crippen LogP) is 2.69. The average Bonchev–Trinajstić information content (AvgIpc) is 3.10. The molecule has 1 aromatic heterocycles. The molecule has 7 heteroatoms. The topological polar surface area (TPSA) is 67.1 Å². The minimum Gasteiger partial charge on any atom is -0.353 e. The first kappa shape index (κ1) is 19.5. The first-order valence-corrected chi connectivity index (χ1v) is 9.04. The van der Waals surface area contributed by atoms with Gasteiger partial charge in [0, 0.05) is 31.5 Å². The quantitative estimate of drug-likeness (QED) is 0.415. The molecule has 3 atom stereocenters. The second kappa shape index (κ2) is 8.49. The molecule has 1 aromatic rings. The van der Waals surface area contributed by atoms with E-state index in [1.165, 1.54) is 19.3 Å². The highest BCUT2D eigenvalue weighted by Gasteiger charge is 2.37. The van der Waals surface area contributed by atoms with Crippen LogP contribution < -0.4 is 10.6 Å². The Bertz CT molecular complexity index is 567. The highest BCUT2D eigenvalue weighted by molar-refractivity contribution is 14.0. The van der Waals surface area contributed by atoms with Crippen molar-refractivity contribution in [2.24, 2.45) is 10.9 Å². The van der Waals surface area contributed by atoms with Crippen LogP contribution >= 0.6 is 24.0 Å². The van der Waals surface area contributed by atoms with Gasteiger partial charge in [0.05, 0.1) is 6.54 Å². The van der Waals surface area contributed by atoms with E-state index in [0.29, 0.717) is 18.0 Å². The van der Waals surface area contributed by atoms with Crippen molar-refractivity contribution in [1.82, 2.24) is 25.4 Å². The maximum Gasteiger partial charge on any atom is 0.191 e. The minimum atomic E-state index is 0. The largest absolute Gasteiger partial charge is 0.353 e. The normalized spacial score (nSPS) is 25.9. The van der Waals surface area contributed by atoms with Gasteiger partial charge >= 0.3 is 0 Å². The molecule has 1 saturated carbocycles. The first-order chi connectivity index (χ1) is 11.1. The van der Waals surface area contributed by atoms with Gasteiger partial charge < -0.3 is 10.6 Å². The zero-order chi connectivity index (χ0) is 16.4. The Morgan fingerprint density at radius 2 is 2.17 bits per heavy atom. The molecule has 0 saturated heterocycles. The van der Waals surface area contributed by atoms with Gasteiger partial charge in [-0.15, -0.1) is 24.0 Å². The van der Waals surface area contributed by atoms with Gasteiger partial charge in [-0.05, 0) is 25.2 Å². The monoisotopic (exact) mass is 446 g/mol. The molecule has 0 aromatic carbocycles. The Labute approximate surface area is 162 Å². The summed E-state index contributed by atoms with van der Waals surface area (Å²) in [6, 6.07) is 0.984. The lowest BCUT2D eigenvalue weighted by Gasteiger charge is -2.25. The third kappa shape index (κ3) is 4.61. The van der Waals surface area contributed by atoms with Gasteiger partial charge in [-0.1, -0.05) is 27.2 Å². The van der Waals surface area contributed by atoms with Crippen LogP contribution in [0.1, 0.15) is 64.0 Å². The molecule has 0 bridgehead atoms. The number of hydrogen-bond donors (Lipinski definition) is 2. The minimum absolute atomic E-state index is 0. The molecule has 1 fully saturated rings. The molecule has 2 heterocycles. The van der Waals surface area contributed by atoms with Crippen LogP contribution in [-0.4, -0.2) is 39.9 Å². The molecular formula is C17H31IN6. The lowest BCUT2D eigenvalue weighted by molar-refractivity contribution is 0.391. The van der Waals surface area contributed by atoms with Crippen LogP contribution in [0.15, 0.2) is 4.99 Å². The van der Waals surface area contributed by atoms with Crippen molar-refractivity contribution in [2.45, 2.75) is 77.4 Å². The van der Waals surface area contributed by atoms with Crippen LogP contribution in [0.4, 0.5) is 0 Å². The maximum atomic E-state index is 4.65. The van der Waals surface area contributed by atoms with E-state index < -0.39 is 0 Å². The number of nitrogens with one attached hydrogen (secondary N) is 2. The fourth-order valence-electron chi connectivity index (χ4n) is 3.34. The number of aromatic nitrogens is 3. The van der Waals surface area contributed by atoms with Crippen LogP contribution in [0, 0.1) is 5.92 Å². The molecule has 24 heavy (non-hydrogen) atoms. The SMILES string of the molecule is CCCC1CC1NC(=NC)NC1CCc2nc(C(C)C)nn2C1.I. The van der Waals surface area contributed by atoms with Gasteiger partial charge in [-0.3, -0.25) is 4.99 Å². The summed E-state index contributed by atoms with van der Waals surface area (Å²) < 4.78 is 2.07. The number of fused-ring (bicyclic) bond motifs is 1. The summed E-state index contributed by atoms with van der Waals surface area (Å²) in [5, 5.41) is 11.8. The summed E-state index contributed by atoms with van der Waals surface area (Å²) in [6.45, 7) is 7.42. The number of guanidine groups is 1. The average molecular weight is 446 g/mol. The summed E-state index contributed by atoms with van der Waals surface area (Å²) in [5.41, 5.74) is 0. The molecule has 1 aliphatic carbocycles. The van der Waals surface area contributed by atoms with Crippen LogP contribution in [0.5, 0.6) is 0 Å². The smallest absolute Gasteiger partial charge is 0.191 e. The van der Waals surface area contributed by atoms with Crippen molar-refractivity contribution < 1.29 is 0 Å². The summed E-state index contributed by atoms with van der Waals surface area (Å²) in [7, 11) is 1.85. The Morgan fingerprint density at radius 3 is 2.83 bits per heavy atom. The summed E-state index contributed by atoms with van der Waals surface area (Å²) in [5.74, 6) is 4.24. The zero-order valence-electron chi connectivity index (χ0n) is 15.2. The van der Waals surface area contributed by atoms with Crippen molar-refractivity contribution >= 4 is 29.9 Å². The number of aliphatic imine (C=N–C) groups is 1. The number of rotatable bonds is 5. The van der Waals surface area contributed by atoms with E-state index in [1.807, 2.05) is 7.05 Å². The second-order valence-corrected chi connectivity index (χ2v) is 7.21. The van der Waals surface area contributed by atoms with Gasteiger partial charge in [0.1, 0.15) is 5.82 Å². The van der Waals surface area contributed by atoms with E-state index in [1.54, 1.807) is 0 Å². The Balaban J connectivity index is 0.00000208. The Kier molecular flexibility index (Phi) is 6.88. The van der Waals surface area contributed by atoms with Crippen LogP contribution in [0.25, 0.3) is 0 Å². The third-order valence-corrected chi connectivity index (χ3v) is 4.86. The highest BCUT2D eigenvalue weighted by atomic mass is 127. The fraction of sp³-hybridized carbons (Fsp3) is 0.824. The van der Waals surface area contributed by atoms with E-state index in [2.05, 4.69) is 51.2 Å². The molecule has 6 nitrogen and oxygen atoms in total. The van der Waals surface area contributed by atoms with Crippen molar-refractivity contribution in [3.63, 3.8) is 0 Å². The molecule has 2 aliphatic rings. The molecule has 3 unspecified atom stereocenters. The number of aryl methyl sites for hydroxylation is 1. The van der Waals surface area contributed by atoms with Crippen LogP contribution in [0.2, 0.25) is 0 Å². The molecular weight excluding hydrogens is 415 g/mol. The highest BCUT2D eigenvalue weighted by Crippen LogP contribution is 2.34. The Hall–Kier alpha value is -0.860. The molecule has 0 amide bonds. The number of nitrogens with zero attached hydrogens (tertiary/aromatic N) is 4. The second-order valence-electron chi connectivity index (χ2n) is 7.21. The van der Waals surface area contributed by atoms with Crippen molar-refractivity contribution in [3.8, 4) is 0 Å². The summed E-state index contributed by atoms with van der Waals surface area (Å²) >= 11 is 0. The van der Waals surface area contributed by atoms with Gasteiger partial charge in [0.15, 0.2) is 11.8 Å².